The van der Waals surface area contributed by atoms with E-state index in [2.05, 4.69) is 5.43 Å². The standard InChI is InChI=1S/C14H17N3OS/c1-10-8-11(5-6-13(10)16-15)14(18)17(2)9-12-4-3-7-19-12/h3-8,16H,9,15H2,1-2H3. The Bertz CT molecular complexity index is 566. The number of nitrogens with two attached hydrogens (primary N) is 1. The average molecular weight is 275 g/mol. The Kier molecular flexibility index (Phi) is 4.19. The van der Waals surface area contributed by atoms with Crippen molar-refractivity contribution >= 4 is 22.9 Å². The second kappa shape index (κ2) is 5.86. The summed E-state index contributed by atoms with van der Waals surface area (Å²) in [4.78, 5) is 15.2. The number of nitrogens with one attached hydrogen (secondary N) is 1. The van der Waals surface area contributed by atoms with Gasteiger partial charge in [0.05, 0.1) is 12.2 Å². The molecular weight excluding hydrogens is 258 g/mol. The largest absolute Gasteiger partial charge is 0.337 e. The van der Waals surface area contributed by atoms with Crippen LogP contribution in [0.1, 0.15) is 20.8 Å². The smallest absolute Gasteiger partial charge is 0.253 e. The molecule has 100 valence electrons. The third-order valence-electron chi connectivity index (χ3n) is 2.95. The molecule has 19 heavy (non-hydrogen) atoms. The van der Waals surface area contributed by atoms with E-state index >= 15 is 0 Å². The summed E-state index contributed by atoms with van der Waals surface area (Å²) in [6.45, 7) is 2.55. The molecule has 0 atom stereocenters. The van der Waals surface area contributed by atoms with E-state index in [-0.39, 0.29) is 5.91 Å². The highest BCUT2D eigenvalue weighted by Crippen LogP contribution is 2.18. The van der Waals surface area contributed by atoms with E-state index in [1.54, 1.807) is 22.3 Å². The maximum Gasteiger partial charge on any atom is 0.253 e. The lowest BCUT2D eigenvalue weighted by Gasteiger charge is -2.17. The Hall–Kier alpha value is -1.85. The van der Waals surface area contributed by atoms with Crippen LogP contribution in [0, 0.1) is 6.92 Å². The first-order valence-electron chi connectivity index (χ1n) is 5.97. The molecule has 2 aromatic rings. The molecule has 0 radical (unpaired) electrons. The summed E-state index contributed by atoms with van der Waals surface area (Å²) in [7, 11) is 1.81. The monoisotopic (exact) mass is 275 g/mol. The van der Waals surface area contributed by atoms with Crippen LogP contribution >= 0.6 is 11.3 Å². The van der Waals surface area contributed by atoms with Crippen LogP contribution < -0.4 is 11.3 Å². The van der Waals surface area contributed by atoms with Gasteiger partial charge < -0.3 is 10.3 Å². The number of aryl methyl sites for hydroxylation is 1. The molecule has 1 aromatic carbocycles. The van der Waals surface area contributed by atoms with Crippen molar-refractivity contribution in [2.24, 2.45) is 5.84 Å². The topological polar surface area (TPSA) is 58.4 Å². The summed E-state index contributed by atoms with van der Waals surface area (Å²) in [5.41, 5.74) is 5.07. The van der Waals surface area contributed by atoms with Crippen molar-refractivity contribution < 1.29 is 4.79 Å². The first kappa shape index (κ1) is 13.6. The van der Waals surface area contributed by atoms with Gasteiger partial charge in [-0.25, -0.2) is 0 Å². The van der Waals surface area contributed by atoms with E-state index < -0.39 is 0 Å². The molecule has 0 aliphatic carbocycles. The van der Waals surface area contributed by atoms with Crippen LogP contribution in [0.2, 0.25) is 0 Å². The van der Waals surface area contributed by atoms with E-state index in [0.29, 0.717) is 12.1 Å². The number of amides is 1. The number of anilines is 1. The summed E-state index contributed by atoms with van der Waals surface area (Å²) in [6, 6.07) is 9.48. The molecule has 2 rings (SSSR count). The molecular formula is C14H17N3OS. The van der Waals surface area contributed by atoms with Gasteiger partial charge in [-0.2, -0.15) is 0 Å². The van der Waals surface area contributed by atoms with Gasteiger partial charge in [-0.3, -0.25) is 10.6 Å². The van der Waals surface area contributed by atoms with Crippen LogP contribution in [0.3, 0.4) is 0 Å². The van der Waals surface area contributed by atoms with Crippen LogP contribution in [-0.4, -0.2) is 17.9 Å². The Labute approximate surface area is 116 Å². The molecule has 1 heterocycles. The number of hydrazine groups is 1. The van der Waals surface area contributed by atoms with Gasteiger partial charge in [0.1, 0.15) is 0 Å². The lowest BCUT2D eigenvalue weighted by Crippen LogP contribution is -2.26. The lowest BCUT2D eigenvalue weighted by molar-refractivity contribution is 0.0786. The molecule has 0 saturated carbocycles. The number of nitrogen functional groups attached to an aromatic ring is 1. The van der Waals surface area contributed by atoms with Crippen molar-refractivity contribution in [3.63, 3.8) is 0 Å². The minimum atomic E-state index is 0.0140. The number of nitrogens with zero attached hydrogens (tertiary/aromatic N) is 1. The van der Waals surface area contributed by atoms with Gasteiger partial charge in [-0.15, -0.1) is 11.3 Å². The van der Waals surface area contributed by atoms with E-state index in [4.69, 9.17) is 5.84 Å². The first-order chi connectivity index (χ1) is 9.11. The number of hydrogen-bond acceptors (Lipinski definition) is 4. The van der Waals surface area contributed by atoms with Crippen molar-refractivity contribution in [2.45, 2.75) is 13.5 Å². The molecule has 0 aliphatic heterocycles. The van der Waals surface area contributed by atoms with Crippen LogP contribution in [-0.2, 0) is 6.54 Å². The third kappa shape index (κ3) is 3.13. The third-order valence-corrected chi connectivity index (χ3v) is 3.81. The summed E-state index contributed by atoms with van der Waals surface area (Å²) in [5.74, 6) is 5.40. The summed E-state index contributed by atoms with van der Waals surface area (Å²) in [5, 5.41) is 2.01. The quantitative estimate of drug-likeness (QED) is 0.666. The van der Waals surface area contributed by atoms with E-state index in [1.165, 1.54) is 4.88 Å². The maximum absolute atomic E-state index is 12.3. The molecule has 4 nitrogen and oxygen atoms in total. The highest BCUT2D eigenvalue weighted by Gasteiger charge is 2.13. The summed E-state index contributed by atoms with van der Waals surface area (Å²) in [6.07, 6.45) is 0. The van der Waals surface area contributed by atoms with Gasteiger partial charge in [0.2, 0.25) is 0 Å². The molecule has 0 unspecified atom stereocenters. The molecule has 1 aromatic heterocycles. The number of benzene rings is 1. The van der Waals surface area contributed by atoms with Crippen LogP contribution in [0.5, 0.6) is 0 Å². The number of rotatable bonds is 4. The highest BCUT2D eigenvalue weighted by molar-refractivity contribution is 7.09. The Balaban J connectivity index is 2.12. The Morgan fingerprint density at radius 3 is 2.79 bits per heavy atom. The normalized spacial score (nSPS) is 10.3. The van der Waals surface area contributed by atoms with Gasteiger partial charge in [0.25, 0.3) is 5.91 Å². The Morgan fingerprint density at radius 2 is 2.21 bits per heavy atom. The van der Waals surface area contributed by atoms with Crippen molar-refractivity contribution in [3.8, 4) is 0 Å². The minimum absolute atomic E-state index is 0.0140. The maximum atomic E-state index is 12.3. The van der Waals surface area contributed by atoms with Crippen LogP contribution in [0.15, 0.2) is 35.7 Å². The average Bonchev–Trinajstić information content (AvgIpc) is 2.90. The zero-order valence-electron chi connectivity index (χ0n) is 11.0. The zero-order valence-corrected chi connectivity index (χ0v) is 11.8. The fourth-order valence-corrected chi connectivity index (χ4v) is 2.64. The SMILES string of the molecule is Cc1cc(C(=O)N(C)Cc2cccs2)ccc1NN. The first-order valence-corrected chi connectivity index (χ1v) is 6.85. The molecule has 0 fully saturated rings. The molecule has 0 bridgehead atoms. The van der Waals surface area contributed by atoms with E-state index in [1.807, 2.05) is 43.6 Å². The predicted octanol–water partition coefficient (Wildman–Crippen LogP) is 2.61. The van der Waals surface area contributed by atoms with Crippen molar-refractivity contribution in [2.75, 3.05) is 12.5 Å². The molecule has 0 spiro atoms. The van der Waals surface area contributed by atoms with Crippen LogP contribution in [0.4, 0.5) is 5.69 Å². The lowest BCUT2D eigenvalue weighted by atomic mass is 10.1. The second-order valence-electron chi connectivity index (χ2n) is 4.41. The van der Waals surface area contributed by atoms with Crippen LogP contribution in [0.25, 0.3) is 0 Å². The van der Waals surface area contributed by atoms with Gasteiger partial charge in [0, 0.05) is 17.5 Å². The molecule has 1 amide bonds. The summed E-state index contributed by atoms with van der Waals surface area (Å²) >= 11 is 1.65. The molecule has 5 heteroatoms. The molecule has 3 N–H and O–H groups in total. The number of carbonyl (C=O) groups is 1. The van der Waals surface area contributed by atoms with Crippen molar-refractivity contribution in [1.29, 1.82) is 0 Å². The zero-order chi connectivity index (χ0) is 13.8. The summed E-state index contributed by atoms with van der Waals surface area (Å²) < 4.78 is 0. The number of carbonyl (C=O) groups excluding carboxylic acids is 1. The second-order valence-corrected chi connectivity index (χ2v) is 5.45. The van der Waals surface area contributed by atoms with E-state index in [9.17, 15) is 4.79 Å². The fourth-order valence-electron chi connectivity index (χ4n) is 1.89. The fraction of sp³-hybridized carbons (Fsp3) is 0.214. The van der Waals surface area contributed by atoms with Gasteiger partial charge in [0.15, 0.2) is 0 Å². The van der Waals surface area contributed by atoms with Gasteiger partial charge in [-0.05, 0) is 42.1 Å². The number of thiophene rings is 1. The van der Waals surface area contributed by atoms with Crippen molar-refractivity contribution in [1.82, 2.24) is 4.90 Å². The molecule has 0 aliphatic rings. The van der Waals surface area contributed by atoms with Gasteiger partial charge >= 0.3 is 0 Å². The minimum Gasteiger partial charge on any atom is -0.337 e. The van der Waals surface area contributed by atoms with E-state index in [0.717, 1.165) is 11.3 Å². The number of hydrogen-bond donors (Lipinski definition) is 2. The Morgan fingerprint density at radius 1 is 1.42 bits per heavy atom. The predicted molar refractivity (Wildman–Crippen MR) is 79.1 cm³/mol. The van der Waals surface area contributed by atoms with Gasteiger partial charge in [-0.1, -0.05) is 6.07 Å². The highest BCUT2D eigenvalue weighted by atomic mass is 32.1. The van der Waals surface area contributed by atoms with Crippen molar-refractivity contribution in [3.05, 3.63) is 51.7 Å². The molecule has 0 saturated heterocycles.